The highest BCUT2D eigenvalue weighted by Crippen LogP contribution is 2.81. The number of hydrogen-bond donors (Lipinski definition) is 4. The topological polar surface area (TPSA) is 113 Å². The first-order valence-corrected chi connectivity index (χ1v) is 13.1. The van der Waals surface area contributed by atoms with Crippen LogP contribution in [0.2, 0.25) is 26.1 Å². The van der Waals surface area contributed by atoms with E-state index in [-0.39, 0.29) is 26.6 Å². The summed E-state index contributed by atoms with van der Waals surface area (Å²) in [6, 6.07) is 0. The van der Waals surface area contributed by atoms with Crippen LogP contribution in [0.1, 0.15) is 31.1 Å². The van der Waals surface area contributed by atoms with Gasteiger partial charge in [0.05, 0.1) is 60.5 Å². The van der Waals surface area contributed by atoms with Crippen LogP contribution in [0.15, 0.2) is 0 Å². The molecule has 0 radical (unpaired) electrons. The summed E-state index contributed by atoms with van der Waals surface area (Å²) < 4.78 is 0. The van der Waals surface area contributed by atoms with Crippen LogP contribution in [0.5, 0.6) is 0 Å². The Hall–Kier alpha value is -1.05. The molecule has 1 aromatic heterocycles. The van der Waals surface area contributed by atoms with Gasteiger partial charge in [0.1, 0.15) is 45.0 Å². The van der Waals surface area contributed by atoms with E-state index in [1.807, 2.05) is 28.6 Å². The SMILES string of the molecule is Bc1nc(NC(C)(C)C)nc(NC2(B)C(B)(B)C(B)(B)C(B)(C(B)(B)B)C(B)(O)C2(B)B)c1C(N)=O. The molecule has 0 spiro atoms. The zero-order valence-electron chi connectivity index (χ0n) is 25.8. The minimum Gasteiger partial charge on any atom is -0.400 e. The van der Waals surface area contributed by atoms with E-state index in [1.54, 1.807) is 7.85 Å². The van der Waals surface area contributed by atoms with Crippen LogP contribution in [-0.2, 0) is 0 Å². The largest absolute Gasteiger partial charge is 0.400 e. The molecule has 0 bridgehead atoms. The smallest absolute Gasteiger partial charge is 0.253 e. The summed E-state index contributed by atoms with van der Waals surface area (Å²) in [5, 5.41) is 17.5. The van der Waals surface area contributed by atoms with Crippen molar-refractivity contribution in [2.45, 2.75) is 63.3 Å². The van der Waals surface area contributed by atoms with Crippen molar-refractivity contribution in [2.24, 2.45) is 5.73 Å². The summed E-state index contributed by atoms with van der Waals surface area (Å²) >= 11 is 0. The van der Waals surface area contributed by atoms with Gasteiger partial charge >= 0.3 is 0 Å². The predicted molar refractivity (Wildman–Crippen MR) is 189 cm³/mol. The Morgan fingerprint density at radius 3 is 1.75 bits per heavy atom. The molecule has 3 atom stereocenters. The number of aliphatic hydroxyl groups is 1. The number of primary amides is 1. The number of aromatic nitrogens is 2. The van der Waals surface area contributed by atoms with Gasteiger partial charge in [0.2, 0.25) is 5.95 Å². The molecule has 0 aromatic carbocycles. The zero-order chi connectivity index (χ0) is 28.7. The molecule has 0 aliphatic heterocycles. The van der Waals surface area contributed by atoms with Crippen LogP contribution in [0.25, 0.3) is 0 Å². The number of carbonyl (C=O) groups excluding carboxylic acids is 1. The molecule has 2 rings (SSSR count). The number of amides is 1. The van der Waals surface area contributed by atoms with Crippen LogP contribution < -0.4 is 22.0 Å². The lowest BCUT2D eigenvalue weighted by Gasteiger charge is -2.81. The van der Waals surface area contributed by atoms with E-state index in [0.717, 1.165) is 0 Å². The van der Waals surface area contributed by atoms with Gasteiger partial charge in [-0.05, 0) is 26.2 Å². The Labute approximate surface area is 230 Å². The minimum atomic E-state index is -1.11. The molecule has 5 N–H and O–H groups in total. The van der Waals surface area contributed by atoms with Crippen molar-refractivity contribution in [3.8, 4) is 0 Å². The van der Waals surface area contributed by atoms with E-state index in [2.05, 4.69) is 102 Å². The molecule has 1 aliphatic rings. The Morgan fingerprint density at radius 2 is 1.36 bits per heavy atom. The number of nitrogens with two attached hydrogens (primary N) is 1. The Kier molecular flexibility index (Phi) is 7.34. The third-order valence-electron chi connectivity index (χ3n) is 11.2. The highest BCUT2D eigenvalue weighted by molar-refractivity contribution is 6.70. The average Bonchev–Trinajstić information content (AvgIpc) is 2.62. The molecule has 1 heterocycles. The first-order valence-electron chi connectivity index (χ1n) is 13.1. The van der Waals surface area contributed by atoms with E-state index in [0.29, 0.717) is 17.4 Å². The molecule has 180 valence electrons. The zero-order valence-corrected chi connectivity index (χ0v) is 25.8. The maximum Gasteiger partial charge on any atom is 0.253 e. The molecule has 1 aliphatic carbocycles. The molecular formula is C16H40B13N5O2. The molecule has 1 saturated carbocycles. The van der Waals surface area contributed by atoms with Gasteiger partial charge in [-0.2, -0.15) is 4.98 Å². The summed E-state index contributed by atoms with van der Waals surface area (Å²) in [4.78, 5) is 21.9. The second-order valence-electron chi connectivity index (χ2n) is 15.2. The van der Waals surface area contributed by atoms with E-state index in [9.17, 15) is 9.90 Å². The van der Waals surface area contributed by atoms with E-state index >= 15 is 0 Å². The van der Waals surface area contributed by atoms with Crippen LogP contribution >= 0.6 is 0 Å². The van der Waals surface area contributed by atoms with E-state index in [4.69, 9.17) is 10.7 Å². The first kappa shape index (κ1) is 31.2. The third-order valence-corrected chi connectivity index (χ3v) is 11.2. The normalized spacial score (nSPS) is 31.2. The van der Waals surface area contributed by atoms with Gasteiger partial charge in [-0.25, -0.2) is 4.98 Å². The number of nitrogens with one attached hydrogen (secondary N) is 2. The van der Waals surface area contributed by atoms with Crippen LogP contribution in [0.4, 0.5) is 11.8 Å². The van der Waals surface area contributed by atoms with Crippen LogP contribution in [0.3, 0.4) is 0 Å². The summed E-state index contributed by atoms with van der Waals surface area (Å²) in [7, 11) is 28.0. The van der Waals surface area contributed by atoms with Crippen molar-refractivity contribution in [2.75, 3.05) is 10.6 Å². The first-order chi connectivity index (χ1) is 15.6. The van der Waals surface area contributed by atoms with Gasteiger partial charge in [-0.1, -0.05) is 21.0 Å². The number of hydrogen-bond acceptors (Lipinski definition) is 6. The van der Waals surface area contributed by atoms with Gasteiger partial charge in [0.25, 0.3) is 5.91 Å². The molecule has 1 fully saturated rings. The summed E-state index contributed by atoms with van der Waals surface area (Å²) in [5.41, 5.74) is 4.52. The molecule has 20 heteroatoms. The lowest BCUT2D eigenvalue weighted by Crippen LogP contribution is -2.81. The number of nitrogens with zero attached hydrogens (tertiary/aromatic N) is 2. The van der Waals surface area contributed by atoms with Gasteiger partial charge in [0, 0.05) is 16.6 Å². The van der Waals surface area contributed by atoms with Crippen molar-refractivity contribution >= 4 is 125 Å². The second kappa shape index (κ2) is 8.48. The summed E-state index contributed by atoms with van der Waals surface area (Å²) in [5.74, 6) is 0.224. The van der Waals surface area contributed by atoms with Crippen molar-refractivity contribution in [1.29, 1.82) is 0 Å². The fourth-order valence-electron chi connectivity index (χ4n) is 7.32. The van der Waals surface area contributed by atoms with Crippen molar-refractivity contribution < 1.29 is 9.90 Å². The van der Waals surface area contributed by atoms with Crippen molar-refractivity contribution in [3.05, 3.63) is 5.56 Å². The molecule has 1 aromatic rings. The van der Waals surface area contributed by atoms with Gasteiger partial charge in [0.15, 0.2) is 7.85 Å². The predicted octanol–water partition coefficient (Wildman–Crippen LogP) is -12.0. The number of carbonyl (C=O) groups is 1. The Bertz CT molecular complexity index is 1040. The lowest BCUT2D eigenvalue weighted by molar-refractivity contribution is 0.000676. The second-order valence-corrected chi connectivity index (χ2v) is 15.2. The third kappa shape index (κ3) is 3.98. The maximum absolute atomic E-state index is 12.6. The van der Waals surface area contributed by atoms with Crippen molar-refractivity contribution in [1.82, 2.24) is 9.97 Å². The quantitative estimate of drug-likeness (QED) is 0.315. The van der Waals surface area contributed by atoms with Gasteiger partial charge < -0.3 is 21.5 Å². The maximum atomic E-state index is 12.6. The highest BCUT2D eigenvalue weighted by Gasteiger charge is 2.76. The monoisotopic (exact) mass is 477 g/mol. The van der Waals surface area contributed by atoms with Crippen LogP contribution in [-0.4, -0.2) is 139 Å². The molecule has 36 heavy (non-hydrogen) atoms. The molecule has 1 amide bonds. The van der Waals surface area contributed by atoms with E-state index < -0.39 is 27.4 Å². The number of rotatable bonds is 5. The summed E-state index contributed by atoms with van der Waals surface area (Å²) in [6.07, 6.45) is 0. The van der Waals surface area contributed by atoms with Crippen LogP contribution in [0, 0.1) is 0 Å². The van der Waals surface area contributed by atoms with Gasteiger partial charge in [-0.15, -0.1) is 5.11 Å². The molecule has 7 nitrogen and oxygen atoms in total. The minimum absolute atomic E-state index is 0.205. The lowest BCUT2D eigenvalue weighted by atomic mass is 8.99. The average molecular weight is 475 g/mol. The van der Waals surface area contributed by atoms with E-state index in [1.165, 1.54) is 0 Å². The highest BCUT2D eigenvalue weighted by atomic mass is 16.3. The molecule has 0 saturated heterocycles. The molecular weight excluding hydrogens is 435 g/mol. The summed E-state index contributed by atoms with van der Waals surface area (Å²) in [6.45, 7) is 6.09. The Balaban J connectivity index is 2.92. The standard InChI is InChI=1S/C16H40B13N5O2/c1-9(2,3)34-8-31-5(17)4(6(30)35)7(32-8)33-14(25)12(21,22)11(19,20)10(18,16(27,28)29)15(26,36)13(14,23)24/h36H,17-29H2,1-3H3,(H2,30,35)(H2,31,32,33,34). The molecule has 3 unspecified atom stereocenters. The van der Waals surface area contributed by atoms with Crippen molar-refractivity contribution in [3.63, 3.8) is 0 Å². The Morgan fingerprint density at radius 1 is 0.889 bits per heavy atom. The van der Waals surface area contributed by atoms with Gasteiger partial charge in [-0.3, -0.25) is 4.79 Å². The fourth-order valence-corrected chi connectivity index (χ4v) is 7.32. The fraction of sp³-hybridized carbons (Fsp3) is 0.688. The number of anilines is 2.